The first-order valence-electron chi connectivity index (χ1n) is 10.7. The van der Waals surface area contributed by atoms with Gasteiger partial charge in [0.15, 0.2) is 0 Å². The zero-order valence-corrected chi connectivity index (χ0v) is 17.9. The van der Waals surface area contributed by atoms with Gasteiger partial charge < -0.3 is 25.3 Å². The summed E-state index contributed by atoms with van der Waals surface area (Å²) in [6.07, 6.45) is 3.58. The molecule has 0 aliphatic carbocycles. The molecule has 0 saturated carbocycles. The topological polar surface area (TPSA) is 94.8 Å². The first-order valence-corrected chi connectivity index (χ1v) is 10.7. The number of nitrogens with one attached hydrogen (secondary N) is 4. The van der Waals surface area contributed by atoms with Crippen molar-refractivity contribution in [1.82, 2.24) is 15.0 Å². The molecule has 0 fully saturated rings. The van der Waals surface area contributed by atoms with Gasteiger partial charge in [0, 0.05) is 18.3 Å². The number of ether oxygens (including phenoxy) is 1. The molecular weight excluding hydrogens is 414 g/mol. The van der Waals surface area contributed by atoms with E-state index in [2.05, 4.69) is 50.9 Å². The van der Waals surface area contributed by atoms with E-state index in [9.17, 15) is 4.79 Å². The van der Waals surface area contributed by atoms with Gasteiger partial charge in [-0.2, -0.15) is 0 Å². The van der Waals surface area contributed by atoms with Gasteiger partial charge in [-0.25, -0.2) is 4.98 Å². The molecule has 33 heavy (non-hydrogen) atoms. The lowest BCUT2D eigenvalue weighted by Gasteiger charge is -2.07. The predicted octanol–water partition coefficient (Wildman–Crippen LogP) is 5.16. The molecular formula is C26H21N5O2. The molecule has 6 rings (SSSR count). The highest BCUT2D eigenvalue weighted by Crippen LogP contribution is 2.39. The first-order chi connectivity index (χ1) is 16.2. The smallest absolute Gasteiger partial charge is 0.256 e. The number of benzene rings is 3. The van der Waals surface area contributed by atoms with Crippen LogP contribution in [0.2, 0.25) is 0 Å². The molecule has 7 nitrogen and oxygen atoms in total. The molecule has 4 N–H and O–H groups in total. The number of anilines is 2. The average Bonchev–Trinajstić information content (AvgIpc) is 3.54. The molecule has 2 aromatic heterocycles. The van der Waals surface area contributed by atoms with E-state index in [1.165, 1.54) is 16.3 Å². The quantitative estimate of drug-likeness (QED) is 0.287. The number of fused-ring (bicyclic) bond motifs is 4. The second kappa shape index (κ2) is 7.56. The Bertz CT molecular complexity index is 1550. The number of hydrogen-bond donors (Lipinski definition) is 4. The van der Waals surface area contributed by atoms with E-state index < -0.39 is 0 Å². The number of H-pyrrole nitrogens is 2. The number of imidazole rings is 1. The summed E-state index contributed by atoms with van der Waals surface area (Å²) in [5.74, 6) is 1.17. The van der Waals surface area contributed by atoms with Crippen LogP contribution in [-0.4, -0.2) is 28.0 Å². The number of nitrogens with zero attached hydrogens (tertiary/aromatic N) is 1. The third kappa shape index (κ3) is 3.22. The number of hydrogen-bond acceptors (Lipinski definition) is 4. The van der Waals surface area contributed by atoms with Crippen molar-refractivity contribution in [3.8, 4) is 5.75 Å². The maximum atomic E-state index is 12.8. The molecule has 0 bridgehead atoms. The Hall–Kier alpha value is -4.52. The molecule has 1 aliphatic rings. The van der Waals surface area contributed by atoms with E-state index in [0.29, 0.717) is 23.8 Å². The van der Waals surface area contributed by atoms with Crippen LogP contribution in [0, 0.1) is 0 Å². The molecule has 1 amide bonds. The van der Waals surface area contributed by atoms with E-state index in [4.69, 9.17) is 9.72 Å². The molecule has 0 radical (unpaired) electrons. The van der Waals surface area contributed by atoms with Gasteiger partial charge in [-0.05, 0) is 40.6 Å². The number of amides is 1. The second-order valence-electron chi connectivity index (χ2n) is 7.93. The molecule has 7 heteroatoms. The fourth-order valence-corrected chi connectivity index (χ4v) is 4.41. The maximum absolute atomic E-state index is 12.8. The van der Waals surface area contributed by atoms with E-state index in [-0.39, 0.29) is 5.91 Å². The van der Waals surface area contributed by atoms with E-state index in [0.717, 1.165) is 28.0 Å². The van der Waals surface area contributed by atoms with Crippen molar-refractivity contribution in [1.29, 1.82) is 0 Å². The fourth-order valence-electron chi connectivity index (χ4n) is 4.41. The zero-order valence-electron chi connectivity index (χ0n) is 17.9. The summed E-state index contributed by atoms with van der Waals surface area (Å²) < 4.78 is 5.38. The summed E-state index contributed by atoms with van der Waals surface area (Å²) in [6, 6.07) is 20.3. The summed E-state index contributed by atoms with van der Waals surface area (Å²) >= 11 is 0. The van der Waals surface area contributed by atoms with Crippen LogP contribution in [0.1, 0.15) is 16.8 Å². The number of carbonyl (C=O) groups is 1. The fraction of sp³-hybridized carbons (Fsp3) is 0.0769. The molecule has 0 spiro atoms. The summed E-state index contributed by atoms with van der Waals surface area (Å²) in [7, 11) is 1.60. The first kappa shape index (κ1) is 19.2. The molecule has 3 aromatic carbocycles. The van der Waals surface area contributed by atoms with E-state index in [1.54, 1.807) is 19.4 Å². The van der Waals surface area contributed by atoms with Gasteiger partial charge in [-0.3, -0.25) is 4.79 Å². The van der Waals surface area contributed by atoms with Gasteiger partial charge in [0.25, 0.3) is 5.91 Å². The van der Waals surface area contributed by atoms with E-state index in [1.807, 2.05) is 30.3 Å². The Morgan fingerprint density at radius 3 is 2.85 bits per heavy atom. The largest absolute Gasteiger partial charge is 0.495 e. The molecule has 5 aromatic rings. The van der Waals surface area contributed by atoms with Crippen molar-refractivity contribution < 1.29 is 9.53 Å². The lowest BCUT2D eigenvalue weighted by atomic mass is 10.0. The van der Waals surface area contributed by atoms with Crippen molar-refractivity contribution in [3.63, 3.8) is 0 Å². The monoisotopic (exact) mass is 435 g/mol. The lowest BCUT2D eigenvalue weighted by molar-refractivity contribution is -0.110. The normalized spacial score (nSPS) is 14.1. The number of carbonyl (C=O) groups excluding carboxylic acids is 1. The van der Waals surface area contributed by atoms with Gasteiger partial charge in [0.05, 0.1) is 29.6 Å². The molecule has 0 saturated heterocycles. The maximum Gasteiger partial charge on any atom is 0.256 e. The second-order valence-corrected chi connectivity index (χ2v) is 7.93. The van der Waals surface area contributed by atoms with Crippen molar-refractivity contribution in [3.05, 3.63) is 83.7 Å². The highest BCUT2D eigenvalue weighted by molar-refractivity contribution is 6.37. The molecule has 1 aliphatic heterocycles. The van der Waals surface area contributed by atoms with Crippen LogP contribution in [-0.2, 0) is 11.3 Å². The van der Waals surface area contributed by atoms with Crippen LogP contribution in [0.4, 0.5) is 11.6 Å². The Morgan fingerprint density at radius 1 is 1.06 bits per heavy atom. The lowest BCUT2D eigenvalue weighted by Crippen LogP contribution is -2.03. The molecule has 3 heterocycles. The van der Waals surface area contributed by atoms with Crippen LogP contribution in [0.3, 0.4) is 0 Å². The van der Waals surface area contributed by atoms with Crippen LogP contribution in [0.15, 0.2) is 66.9 Å². The average molecular weight is 435 g/mol. The number of aromatic amines is 2. The third-order valence-electron chi connectivity index (χ3n) is 5.99. The standard InChI is InChI=1S/C26H21N5O2/c1-33-22-11-12-27-21(22)13-18-23-19(29-25(18)32)9-10-20-24(23)31-26(30-20)28-14-16-7-4-6-15-5-2-3-8-17(15)16/h2-13,27H,14H2,1H3,(H,29,32)(H2,28,30,31)/b18-13+. The van der Waals surface area contributed by atoms with Crippen molar-refractivity contribution in [2.24, 2.45) is 0 Å². The molecule has 162 valence electrons. The molecule has 0 unspecified atom stereocenters. The summed E-state index contributed by atoms with van der Waals surface area (Å²) in [5, 5.41) is 8.77. The van der Waals surface area contributed by atoms with Gasteiger partial charge >= 0.3 is 0 Å². The minimum atomic E-state index is -0.164. The number of rotatable bonds is 5. The van der Waals surface area contributed by atoms with Crippen LogP contribution in [0.5, 0.6) is 5.75 Å². The third-order valence-corrected chi connectivity index (χ3v) is 5.99. The zero-order chi connectivity index (χ0) is 22.4. The minimum Gasteiger partial charge on any atom is -0.495 e. The Morgan fingerprint density at radius 2 is 1.94 bits per heavy atom. The summed E-state index contributed by atoms with van der Waals surface area (Å²) in [4.78, 5) is 24.0. The Kier molecular flexibility index (Phi) is 4.40. The Balaban J connectivity index is 1.37. The minimum absolute atomic E-state index is 0.164. The SMILES string of the molecule is COc1cc[nH]c1/C=C1/C(=O)Nc2ccc3[nH]c(NCc4cccc5ccccc45)nc3c21. The summed E-state index contributed by atoms with van der Waals surface area (Å²) in [6.45, 7) is 0.628. The van der Waals surface area contributed by atoms with Crippen molar-refractivity contribution in [2.75, 3.05) is 17.7 Å². The van der Waals surface area contributed by atoms with Gasteiger partial charge in [-0.15, -0.1) is 0 Å². The molecule has 0 atom stereocenters. The van der Waals surface area contributed by atoms with Crippen LogP contribution < -0.4 is 15.4 Å². The van der Waals surface area contributed by atoms with Crippen LogP contribution in [0.25, 0.3) is 33.5 Å². The number of aromatic nitrogens is 3. The Labute approximate surface area is 189 Å². The highest BCUT2D eigenvalue weighted by Gasteiger charge is 2.28. The van der Waals surface area contributed by atoms with Gasteiger partial charge in [0.2, 0.25) is 5.95 Å². The van der Waals surface area contributed by atoms with Crippen molar-refractivity contribution >= 4 is 51.0 Å². The van der Waals surface area contributed by atoms with Crippen LogP contribution >= 0.6 is 0 Å². The highest BCUT2D eigenvalue weighted by atomic mass is 16.5. The predicted molar refractivity (Wildman–Crippen MR) is 131 cm³/mol. The van der Waals surface area contributed by atoms with Crippen molar-refractivity contribution in [2.45, 2.75) is 6.54 Å². The van der Waals surface area contributed by atoms with Gasteiger partial charge in [-0.1, -0.05) is 42.5 Å². The number of methoxy groups -OCH3 is 1. The van der Waals surface area contributed by atoms with E-state index >= 15 is 0 Å². The summed E-state index contributed by atoms with van der Waals surface area (Å²) in [5.41, 5.74) is 5.59. The van der Waals surface area contributed by atoms with Gasteiger partial charge in [0.1, 0.15) is 11.3 Å².